The van der Waals surface area contributed by atoms with Crippen LogP contribution < -0.4 is 4.74 Å². The second-order valence-electron chi connectivity index (χ2n) is 6.37. The van der Waals surface area contributed by atoms with E-state index in [0.717, 1.165) is 27.6 Å². The molecule has 0 atom stereocenters. The lowest BCUT2D eigenvalue weighted by Gasteiger charge is -2.09. The standard InChI is InChI=1S/C23H14BrFN2O/c24-23-18(25)7-5-9-21(23)28-15-11-12-20-17(14-15)16-6-1-2-8-19(16)27(20)22-10-3-4-13-26-22/h1-14H. The normalized spacial score (nSPS) is 11.2. The molecule has 28 heavy (non-hydrogen) atoms. The average Bonchev–Trinajstić information content (AvgIpc) is 3.06. The Bertz CT molecular complexity index is 1310. The van der Waals surface area contributed by atoms with Crippen LogP contribution >= 0.6 is 15.9 Å². The van der Waals surface area contributed by atoms with Crippen LogP contribution in [0.2, 0.25) is 0 Å². The van der Waals surface area contributed by atoms with E-state index in [1.807, 2.05) is 48.5 Å². The Morgan fingerprint density at radius 3 is 2.50 bits per heavy atom. The smallest absolute Gasteiger partial charge is 0.144 e. The number of para-hydroxylation sites is 1. The molecule has 0 saturated heterocycles. The molecule has 136 valence electrons. The number of pyridine rings is 1. The van der Waals surface area contributed by atoms with Crippen molar-refractivity contribution in [2.45, 2.75) is 0 Å². The number of aromatic nitrogens is 2. The first-order valence-corrected chi connectivity index (χ1v) is 9.58. The van der Waals surface area contributed by atoms with Gasteiger partial charge in [-0.2, -0.15) is 0 Å². The van der Waals surface area contributed by atoms with Gasteiger partial charge in [0.25, 0.3) is 0 Å². The van der Waals surface area contributed by atoms with E-state index in [0.29, 0.717) is 16.0 Å². The Hall–Kier alpha value is -3.18. The van der Waals surface area contributed by atoms with Crippen LogP contribution in [0.3, 0.4) is 0 Å². The molecule has 2 aromatic heterocycles. The first-order chi connectivity index (χ1) is 13.7. The van der Waals surface area contributed by atoms with Crippen LogP contribution in [0.15, 0.2) is 89.5 Å². The van der Waals surface area contributed by atoms with Gasteiger partial charge in [-0.3, -0.25) is 4.57 Å². The molecule has 0 bridgehead atoms. The van der Waals surface area contributed by atoms with Crippen molar-refractivity contribution in [3.05, 3.63) is 95.3 Å². The van der Waals surface area contributed by atoms with Crippen molar-refractivity contribution >= 4 is 37.7 Å². The lowest BCUT2D eigenvalue weighted by molar-refractivity contribution is 0.473. The quantitative estimate of drug-likeness (QED) is 0.310. The van der Waals surface area contributed by atoms with Crippen molar-refractivity contribution in [1.29, 1.82) is 0 Å². The summed E-state index contributed by atoms with van der Waals surface area (Å²) in [4.78, 5) is 4.52. The molecule has 0 radical (unpaired) electrons. The number of nitrogens with zero attached hydrogens (tertiary/aromatic N) is 2. The van der Waals surface area contributed by atoms with E-state index in [9.17, 15) is 4.39 Å². The van der Waals surface area contributed by atoms with E-state index in [2.05, 4.69) is 37.6 Å². The lowest BCUT2D eigenvalue weighted by atomic mass is 10.1. The van der Waals surface area contributed by atoms with E-state index in [4.69, 9.17) is 4.74 Å². The summed E-state index contributed by atoms with van der Waals surface area (Å²) in [7, 11) is 0. The van der Waals surface area contributed by atoms with Gasteiger partial charge in [0.15, 0.2) is 0 Å². The molecular formula is C23H14BrFN2O. The molecule has 0 saturated carbocycles. The second kappa shape index (κ2) is 6.77. The Kier molecular flexibility index (Phi) is 4.10. The average molecular weight is 433 g/mol. The summed E-state index contributed by atoms with van der Waals surface area (Å²) in [5, 5.41) is 2.15. The summed E-state index contributed by atoms with van der Waals surface area (Å²) in [6.45, 7) is 0. The molecule has 0 unspecified atom stereocenters. The molecule has 0 aliphatic rings. The number of halogens is 2. The van der Waals surface area contributed by atoms with Gasteiger partial charge in [0.1, 0.15) is 23.1 Å². The third kappa shape index (κ3) is 2.75. The minimum Gasteiger partial charge on any atom is -0.456 e. The summed E-state index contributed by atoms with van der Waals surface area (Å²) < 4.78 is 22.2. The van der Waals surface area contributed by atoms with Crippen LogP contribution in [0.4, 0.5) is 4.39 Å². The fourth-order valence-corrected chi connectivity index (χ4v) is 3.78. The van der Waals surface area contributed by atoms with Gasteiger partial charge >= 0.3 is 0 Å². The van der Waals surface area contributed by atoms with Gasteiger partial charge < -0.3 is 4.74 Å². The Labute approximate surface area is 169 Å². The Balaban J connectivity index is 1.71. The molecule has 0 N–H and O–H groups in total. The van der Waals surface area contributed by atoms with Gasteiger partial charge in [0.05, 0.1) is 15.5 Å². The van der Waals surface area contributed by atoms with Crippen molar-refractivity contribution in [3.8, 4) is 17.3 Å². The van der Waals surface area contributed by atoms with Crippen LogP contribution in [0.5, 0.6) is 11.5 Å². The van der Waals surface area contributed by atoms with E-state index in [1.165, 1.54) is 6.07 Å². The van der Waals surface area contributed by atoms with Crippen molar-refractivity contribution < 1.29 is 9.13 Å². The first kappa shape index (κ1) is 17.0. The monoisotopic (exact) mass is 432 g/mol. The minimum absolute atomic E-state index is 0.311. The van der Waals surface area contributed by atoms with Gasteiger partial charge in [-0.1, -0.05) is 30.3 Å². The fraction of sp³-hybridized carbons (Fsp3) is 0. The molecule has 0 spiro atoms. The van der Waals surface area contributed by atoms with Gasteiger partial charge in [-0.05, 0) is 64.5 Å². The summed E-state index contributed by atoms with van der Waals surface area (Å²) in [6, 6.07) is 24.7. The summed E-state index contributed by atoms with van der Waals surface area (Å²) in [6.07, 6.45) is 1.79. The maximum Gasteiger partial charge on any atom is 0.144 e. The molecular weight excluding hydrogens is 419 g/mol. The van der Waals surface area contributed by atoms with Crippen LogP contribution in [0.1, 0.15) is 0 Å². The molecule has 2 heterocycles. The highest BCUT2D eigenvalue weighted by atomic mass is 79.9. The number of benzene rings is 3. The fourth-order valence-electron chi connectivity index (χ4n) is 3.44. The maximum atomic E-state index is 13.8. The van der Waals surface area contributed by atoms with E-state index in [-0.39, 0.29) is 5.82 Å². The topological polar surface area (TPSA) is 27.1 Å². The number of ether oxygens (including phenoxy) is 1. The molecule has 0 fully saturated rings. The third-order valence-corrected chi connectivity index (χ3v) is 5.44. The summed E-state index contributed by atoms with van der Waals surface area (Å²) in [5.74, 6) is 1.58. The molecule has 3 nitrogen and oxygen atoms in total. The molecule has 5 rings (SSSR count). The van der Waals surface area contributed by atoms with E-state index >= 15 is 0 Å². The van der Waals surface area contributed by atoms with Crippen molar-refractivity contribution in [1.82, 2.24) is 9.55 Å². The van der Waals surface area contributed by atoms with Crippen LogP contribution in [-0.4, -0.2) is 9.55 Å². The molecule has 5 aromatic rings. The summed E-state index contributed by atoms with van der Waals surface area (Å²) in [5.41, 5.74) is 2.10. The highest BCUT2D eigenvalue weighted by Gasteiger charge is 2.14. The van der Waals surface area contributed by atoms with Gasteiger partial charge in [0.2, 0.25) is 0 Å². The second-order valence-corrected chi connectivity index (χ2v) is 7.17. The van der Waals surface area contributed by atoms with Crippen LogP contribution in [0, 0.1) is 5.82 Å². The predicted molar refractivity (Wildman–Crippen MR) is 113 cm³/mol. The molecule has 0 aliphatic heterocycles. The zero-order valence-electron chi connectivity index (χ0n) is 14.6. The highest BCUT2D eigenvalue weighted by molar-refractivity contribution is 9.10. The van der Waals surface area contributed by atoms with E-state index in [1.54, 1.807) is 18.3 Å². The number of hydrogen-bond acceptors (Lipinski definition) is 2. The summed E-state index contributed by atoms with van der Waals surface area (Å²) >= 11 is 3.25. The Morgan fingerprint density at radius 1 is 0.821 bits per heavy atom. The van der Waals surface area contributed by atoms with E-state index < -0.39 is 0 Å². The zero-order chi connectivity index (χ0) is 19.1. The Morgan fingerprint density at radius 2 is 1.64 bits per heavy atom. The van der Waals surface area contributed by atoms with Crippen molar-refractivity contribution in [2.75, 3.05) is 0 Å². The first-order valence-electron chi connectivity index (χ1n) is 8.79. The van der Waals surface area contributed by atoms with Gasteiger partial charge in [-0.15, -0.1) is 0 Å². The zero-order valence-corrected chi connectivity index (χ0v) is 16.2. The van der Waals surface area contributed by atoms with Crippen LogP contribution in [0.25, 0.3) is 27.6 Å². The molecule has 0 amide bonds. The largest absolute Gasteiger partial charge is 0.456 e. The van der Waals surface area contributed by atoms with Crippen molar-refractivity contribution in [2.24, 2.45) is 0 Å². The molecule has 0 aliphatic carbocycles. The third-order valence-electron chi connectivity index (χ3n) is 4.67. The number of rotatable bonds is 3. The van der Waals surface area contributed by atoms with Gasteiger partial charge in [-0.25, -0.2) is 9.37 Å². The molecule has 5 heteroatoms. The minimum atomic E-state index is -0.356. The van der Waals surface area contributed by atoms with Crippen molar-refractivity contribution in [3.63, 3.8) is 0 Å². The SMILES string of the molecule is Fc1cccc(Oc2ccc3c(c2)c2ccccc2n3-c2ccccn2)c1Br. The number of hydrogen-bond donors (Lipinski definition) is 0. The maximum absolute atomic E-state index is 13.8. The lowest BCUT2D eigenvalue weighted by Crippen LogP contribution is -1.96. The van der Waals surface area contributed by atoms with Crippen LogP contribution in [-0.2, 0) is 0 Å². The van der Waals surface area contributed by atoms with Gasteiger partial charge in [0, 0.05) is 17.0 Å². The predicted octanol–water partition coefficient (Wildman–Crippen LogP) is 6.87. The molecule has 3 aromatic carbocycles. The highest BCUT2D eigenvalue weighted by Crippen LogP contribution is 2.36. The number of fused-ring (bicyclic) bond motifs is 3.